The number of hydrogen-bond acceptors (Lipinski definition) is 4. The van der Waals surface area contributed by atoms with Crippen molar-refractivity contribution >= 4 is 21.4 Å². The Bertz CT molecular complexity index is 1250. The van der Waals surface area contributed by atoms with Crippen LogP contribution in [-0.2, 0) is 10.0 Å². The fourth-order valence-corrected chi connectivity index (χ4v) is 3.90. The first-order valence-corrected chi connectivity index (χ1v) is 10.4. The lowest BCUT2D eigenvalue weighted by atomic mass is 10.1. The van der Waals surface area contributed by atoms with Crippen molar-refractivity contribution in [3.63, 3.8) is 0 Å². The summed E-state index contributed by atoms with van der Waals surface area (Å²) >= 11 is 0. The normalized spacial score (nSPS) is 12.0. The standard InChI is InChI=1S/C20H21N5O2S/c1-14(2)25-12-20(21-13-25)28(26,27)23-17-6-4-5-16(10-17)18-11-24-8-7-15(3)9-19(24)22-18/h4-14,23H,1-3H3. The van der Waals surface area contributed by atoms with Gasteiger partial charge in [-0.1, -0.05) is 12.1 Å². The van der Waals surface area contributed by atoms with Crippen LogP contribution in [0.15, 0.2) is 66.3 Å². The van der Waals surface area contributed by atoms with E-state index in [1.165, 1.54) is 12.5 Å². The van der Waals surface area contributed by atoms with Crippen LogP contribution in [0, 0.1) is 6.92 Å². The predicted octanol–water partition coefficient (Wildman–Crippen LogP) is 3.89. The second-order valence-electron chi connectivity index (χ2n) is 7.03. The zero-order valence-corrected chi connectivity index (χ0v) is 16.7. The number of hydrogen-bond donors (Lipinski definition) is 1. The Morgan fingerprint density at radius 2 is 1.93 bits per heavy atom. The molecule has 3 aromatic heterocycles. The highest BCUT2D eigenvalue weighted by Crippen LogP contribution is 2.24. The summed E-state index contributed by atoms with van der Waals surface area (Å²) in [6.45, 7) is 5.95. The first-order chi connectivity index (χ1) is 13.3. The molecule has 1 N–H and O–H groups in total. The number of pyridine rings is 1. The summed E-state index contributed by atoms with van der Waals surface area (Å²) < 4.78 is 31.6. The van der Waals surface area contributed by atoms with Crippen LogP contribution in [-0.4, -0.2) is 27.4 Å². The minimum absolute atomic E-state index is 0.00481. The molecule has 4 rings (SSSR count). The van der Waals surface area contributed by atoms with Crippen LogP contribution in [0.2, 0.25) is 0 Å². The van der Waals surface area contributed by atoms with Gasteiger partial charge in [-0.25, -0.2) is 9.97 Å². The molecule has 0 saturated heterocycles. The van der Waals surface area contributed by atoms with Gasteiger partial charge in [0.2, 0.25) is 0 Å². The highest BCUT2D eigenvalue weighted by atomic mass is 32.2. The highest BCUT2D eigenvalue weighted by molar-refractivity contribution is 7.92. The Hall–Kier alpha value is -3.13. The summed E-state index contributed by atoms with van der Waals surface area (Å²) in [7, 11) is -3.76. The average Bonchev–Trinajstić information content (AvgIpc) is 3.29. The molecule has 0 spiro atoms. The second-order valence-corrected chi connectivity index (χ2v) is 8.66. The number of imidazole rings is 2. The first kappa shape index (κ1) is 18.2. The molecule has 0 atom stereocenters. The molecule has 0 bridgehead atoms. The van der Waals surface area contributed by atoms with Crippen LogP contribution in [0.3, 0.4) is 0 Å². The summed E-state index contributed by atoms with van der Waals surface area (Å²) in [6.07, 6.45) is 6.93. The van der Waals surface area contributed by atoms with Gasteiger partial charge < -0.3 is 8.97 Å². The minimum Gasteiger partial charge on any atom is -0.334 e. The fourth-order valence-electron chi connectivity index (χ4n) is 2.91. The summed E-state index contributed by atoms with van der Waals surface area (Å²) in [5, 5.41) is -0.00481. The maximum atomic E-state index is 12.7. The van der Waals surface area contributed by atoms with Crippen LogP contribution in [0.25, 0.3) is 16.9 Å². The molecule has 0 aliphatic heterocycles. The lowest BCUT2D eigenvalue weighted by molar-refractivity contribution is 0.591. The van der Waals surface area contributed by atoms with E-state index in [1.807, 2.05) is 55.8 Å². The summed E-state index contributed by atoms with van der Waals surface area (Å²) in [5.74, 6) is 0. The maximum absolute atomic E-state index is 12.7. The number of rotatable bonds is 5. The molecular formula is C20H21N5O2S. The monoisotopic (exact) mass is 395 g/mol. The van der Waals surface area contributed by atoms with Crippen LogP contribution < -0.4 is 4.72 Å². The van der Waals surface area contributed by atoms with Crippen LogP contribution in [0.1, 0.15) is 25.5 Å². The number of aromatic nitrogens is 4. The number of sulfonamides is 1. The molecule has 0 saturated carbocycles. The van der Waals surface area contributed by atoms with E-state index >= 15 is 0 Å². The van der Waals surface area contributed by atoms with Crippen molar-refractivity contribution in [2.45, 2.75) is 31.8 Å². The van der Waals surface area contributed by atoms with Gasteiger partial charge in [0.1, 0.15) is 5.65 Å². The van der Waals surface area contributed by atoms with E-state index in [1.54, 1.807) is 22.8 Å². The molecule has 0 aliphatic carbocycles. The van der Waals surface area contributed by atoms with Crippen LogP contribution in [0.4, 0.5) is 5.69 Å². The Balaban J connectivity index is 1.64. The third-order valence-electron chi connectivity index (χ3n) is 4.48. The molecule has 28 heavy (non-hydrogen) atoms. The van der Waals surface area contributed by atoms with Gasteiger partial charge in [0, 0.05) is 35.9 Å². The van der Waals surface area contributed by atoms with Crippen molar-refractivity contribution in [3.05, 3.63) is 66.9 Å². The number of fused-ring (bicyclic) bond motifs is 1. The van der Waals surface area contributed by atoms with E-state index < -0.39 is 10.0 Å². The van der Waals surface area contributed by atoms with E-state index in [2.05, 4.69) is 14.7 Å². The molecule has 0 amide bonds. The lowest BCUT2D eigenvalue weighted by Gasteiger charge is -2.07. The van der Waals surface area contributed by atoms with Gasteiger partial charge in [0.15, 0.2) is 5.03 Å². The van der Waals surface area contributed by atoms with Crippen molar-refractivity contribution < 1.29 is 8.42 Å². The van der Waals surface area contributed by atoms with E-state index in [-0.39, 0.29) is 11.1 Å². The van der Waals surface area contributed by atoms with Crippen molar-refractivity contribution in [1.82, 2.24) is 18.9 Å². The third-order valence-corrected chi connectivity index (χ3v) is 5.74. The van der Waals surface area contributed by atoms with Gasteiger partial charge >= 0.3 is 0 Å². The Morgan fingerprint density at radius 1 is 1.11 bits per heavy atom. The molecule has 3 heterocycles. The zero-order valence-electron chi connectivity index (χ0n) is 15.9. The minimum atomic E-state index is -3.76. The topological polar surface area (TPSA) is 81.3 Å². The van der Waals surface area contributed by atoms with Gasteiger partial charge in [-0.3, -0.25) is 4.72 Å². The van der Waals surface area contributed by atoms with Crippen molar-refractivity contribution in [1.29, 1.82) is 0 Å². The summed E-state index contributed by atoms with van der Waals surface area (Å²) in [5.41, 5.74) is 4.04. The smallest absolute Gasteiger partial charge is 0.280 e. The molecule has 1 aromatic carbocycles. The van der Waals surface area contributed by atoms with E-state index in [0.717, 1.165) is 22.5 Å². The number of nitrogens with zero attached hydrogens (tertiary/aromatic N) is 4. The molecule has 8 heteroatoms. The Kier molecular flexibility index (Phi) is 4.43. The number of nitrogens with one attached hydrogen (secondary N) is 1. The van der Waals surface area contributed by atoms with Crippen molar-refractivity contribution in [2.24, 2.45) is 0 Å². The fraction of sp³-hybridized carbons (Fsp3) is 0.200. The molecule has 144 valence electrons. The molecule has 7 nitrogen and oxygen atoms in total. The molecule has 0 aliphatic rings. The molecule has 4 aromatic rings. The third kappa shape index (κ3) is 3.50. The van der Waals surface area contributed by atoms with Crippen molar-refractivity contribution in [3.8, 4) is 11.3 Å². The van der Waals surface area contributed by atoms with Gasteiger partial charge in [0.25, 0.3) is 10.0 Å². The molecular weight excluding hydrogens is 374 g/mol. The summed E-state index contributed by atoms with van der Waals surface area (Å²) in [4.78, 5) is 8.65. The molecule has 0 radical (unpaired) electrons. The van der Waals surface area contributed by atoms with Crippen LogP contribution >= 0.6 is 0 Å². The largest absolute Gasteiger partial charge is 0.334 e. The second kappa shape index (κ2) is 6.79. The van der Waals surface area contributed by atoms with E-state index in [9.17, 15) is 8.42 Å². The van der Waals surface area contributed by atoms with E-state index in [0.29, 0.717) is 5.69 Å². The first-order valence-electron chi connectivity index (χ1n) is 8.94. The van der Waals surface area contributed by atoms with Crippen LogP contribution in [0.5, 0.6) is 0 Å². The molecule has 0 fully saturated rings. The SMILES string of the molecule is Cc1ccn2cc(-c3cccc(NS(=O)(=O)c4cn(C(C)C)cn4)c3)nc2c1. The number of anilines is 1. The number of benzene rings is 1. The van der Waals surface area contributed by atoms with Crippen molar-refractivity contribution in [2.75, 3.05) is 4.72 Å². The lowest BCUT2D eigenvalue weighted by Crippen LogP contribution is -2.13. The zero-order chi connectivity index (χ0) is 19.9. The van der Waals surface area contributed by atoms with Gasteiger partial charge in [-0.15, -0.1) is 0 Å². The van der Waals surface area contributed by atoms with Gasteiger partial charge in [-0.2, -0.15) is 8.42 Å². The quantitative estimate of drug-likeness (QED) is 0.556. The summed E-state index contributed by atoms with van der Waals surface area (Å²) in [6, 6.07) is 11.3. The number of aryl methyl sites for hydroxylation is 1. The Morgan fingerprint density at radius 3 is 2.68 bits per heavy atom. The predicted molar refractivity (Wildman–Crippen MR) is 109 cm³/mol. The molecule has 0 unspecified atom stereocenters. The van der Waals surface area contributed by atoms with Gasteiger partial charge in [0.05, 0.1) is 12.0 Å². The Labute approximate surface area is 163 Å². The maximum Gasteiger partial charge on any atom is 0.280 e. The van der Waals surface area contributed by atoms with Gasteiger partial charge in [-0.05, 0) is 50.6 Å². The highest BCUT2D eigenvalue weighted by Gasteiger charge is 2.18. The average molecular weight is 395 g/mol. The van der Waals surface area contributed by atoms with E-state index in [4.69, 9.17) is 0 Å².